The molecule has 2 rings (SSSR count). The smallest absolute Gasteiger partial charge is 0.336 e. The summed E-state index contributed by atoms with van der Waals surface area (Å²) in [5.74, 6) is -0.585. The van der Waals surface area contributed by atoms with Crippen molar-refractivity contribution in [3.63, 3.8) is 0 Å². The Balaban J connectivity index is 1.84. The summed E-state index contributed by atoms with van der Waals surface area (Å²) in [7, 11) is 0. The molecule has 0 saturated carbocycles. The summed E-state index contributed by atoms with van der Waals surface area (Å²) >= 11 is 1.61. The number of hydrogen-bond acceptors (Lipinski definition) is 5. The van der Waals surface area contributed by atoms with Crippen LogP contribution in [0.25, 0.3) is 0 Å². The molecule has 0 aliphatic carbocycles. The third-order valence-corrected chi connectivity index (χ3v) is 3.69. The number of aliphatic hydroxyl groups excluding tert-OH is 1. The highest BCUT2D eigenvalue weighted by atomic mass is 32.1. The summed E-state index contributed by atoms with van der Waals surface area (Å²) < 4.78 is 5.11. The van der Waals surface area contributed by atoms with Crippen molar-refractivity contribution in [2.24, 2.45) is 0 Å². The molecule has 20 heavy (non-hydrogen) atoms. The molecule has 0 spiro atoms. The fraction of sp³-hybridized carbons (Fsp3) is 0.200. The molecule has 0 aliphatic heterocycles. The van der Waals surface area contributed by atoms with Crippen molar-refractivity contribution in [1.82, 2.24) is 4.98 Å². The Hall–Kier alpha value is -1.98. The Morgan fingerprint density at radius 1 is 1.45 bits per heavy atom. The molecular formula is C15H15NO3S. The lowest BCUT2D eigenvalue weighted by Gasteiger charge is -2.12. The number of rotatable bonds is 6. The second-order valence-electron chi connectivity index (χ2n) is 4.18. The second-order valence-corrected chi connectivity index (χ2v) is 5.21. The van der Waals surface area contributed by atoms with E-state index in [1.807, 2.05) is 17.5 Å². The van der Waals surface area contributed by atoms with E-state index in [2.05, 4.69) is 11.6 Å². The van der Waals surface area contributed by atoms with E-state index < -0.39 is 12.1 Å². The van der Waals surface area contributed by atoms with Crippen molar-refractivity contribution in [2.45, 2.75) is 12.5 Å². The van der Waals surface area contributed by atoms with E-state index >= 15 is 0 Å². The molecule has 0 fully saturated rings. The van der Waals surface area contributed by atoms with Gasteiger partial charge in [-0.1, -0.05) is 18.7 Å². The predicted octanol–water partition coefficient (Wildman–Crippen LogP) is 2.52. The largest absolute Gasteiger partial charge is 0.462 e. The summed E-state index contributed by atoms with van der Waals surface area (Å²) in [6, 6.07) is 7.31. The van der Waals surface area contributed by atoms with Crippen molar-refractivity contribution >= 4 is 17.3 Å². The molecule has 5 heteroatoms. The van der Waals surface area contributed by atoms with Crippen molar-refractivity contribution in [2.75, 3.05) is 6.61 Å². The van der Waals surface area contributed by atoms with E-state index in [9.17, 15) is 9.90 Å². The first-order valence-electron chi connectivity index (χ1n) is 6.15. The number of aliphatic hydroxyl groups is 1. The van der Waals surface area contributed by atoms with Crippen molar-refractivity contribution in [1.29, 1.82) is 0 Å². The standard InChI is InChI=1S/C15H15NO3S/c1-11(14(17)12-4-2-7-16-10-12)15(18)19-8-6-13-5-3-9-20-13/h2-5,7,9-10,14,17H,1,6,8H2. The maximum atomic E-state index is 11.8. The molecule has 2 heterocycles. The number of nitrogens with zero attached hydrogens (tertiary/aromatic N) is 1. The highest BCUT2D eigenvalue weighted by Crippen LogP contribution is 2.20. The van der Waals surface area contributed by atoms with Crippen molar-refractivity contribution in [3.05, 3.63) is 64.6 Å². The Morgan fingerprint density at radius 2 is 2.30 bits per heavy atom. The number of aromatic nitrogens is 1. The third kappa shape index (κ3) is 3.76. The van der Waals surface area contributed by atoms with Crippen LogP contribution in [0.3, 0.4) is 0 Å². The molecular weight excluding hydrogens is 274 g/mol. The lowest BCUT2D eigenvalue weighted by atomic mass is 10.1. The van der Waals surface area contributed by atoms with Crippen molar-refractivity contribution < 1.29 is 14.6 Å². The number of carbonyl (C=O) groups is 1. The number of ether oxygens (including phenoxy) is 1. The van der Waals surface area contributed by atoms with E-state index in [4.69, 9.17) is 4.74 Å². The quantitative estimate of drug-likeness (QED) is 0.656. The van der Waals surface area contributed by atoms with E-state index in [1.165, 1.54) is 6.20 Å². The van der Waals surface area contributed by atoms with Crippen LogP contribution in [0.4, 0.5) is 0 Å². The lowest BCUT2D eigenvalue weighted by molar-refractivity contribution is -0.140. The molecule has 0 bridgehead atoms. The van der Waals surface area contributed by atoms with Crippen LogP contribution in [0.2, 0.25) is 0 Å². The summed E-state index contributed by atoms with van der Waals surface area (Å²) in [6.45, 7) is 3.87. The van der Waals surface area contributed by atoms with Gasteiger partial charge in [0, 0.05) is 29.3 Å². The number of hydrogen-bond donors (Lipinski definition) is 1. The van der Waals surface area contributed by atoms with Gasteiger partial charge < -0.3 is 9.84 Å². The summed E-state index contributed by atoms with van der Waals surface area (Å²) in [6.07, 6.45) is 2.67. The summed E-state index contributed by atoms with van der Waals surface area (Å²) in [5, 5.41) is 12.0. The minimum Gasteiger partial charge on any atom is -0.462 e. The average Bonchev–Trinajstić information content (AvgIpc) is 2.99. The topological polar surface area (TPSA) is 59.4 Å². The van der Waals surface area contributed by atoms with Crippen LogP contribution in [0.1, 0.15) is 16.5 Å². The van der Waals surface area contributed by atoms with E-state index in [0.29, 0.717) is 12.0 Å². The van der Waals surface area contributed by atoms with Crippen LogP contribution in [0.15, 0.2) is 54.2 Å². The minimum absolute atomic E-state index is 0.0178. The van der Waals surface area contributed by atoms with Gasteiger partial charge in [-0.25, -0.2) is 4.79 Å². The third-order valence-electron chi connectivity index (χ3n) is 2.75. The molecule has 104 valence electrons. The second kappa shape index (κ2) is 6.98. The Morgan fingerprint density at radius 3 is 2.95 bits per heavy atom. The van der Waals surface area contributed by atoms with Crippen LogP contribution in [-0.2, 0) is 16.0 Å². The number of thiophene rings is 1. The predicted molar refractivity (Wildman–Crippen MR) is 77.3 cm³/mol. The molecule has 2 aromatic rings. The van der Waals surface area contributed by atoms with Gasteiger partial charge in [0.25, 0.3) is 0 Å². The Kier molecular flexibility index (Phi) is 5.03. The van der Waals surface area contributed by atoms with Crippen LogP contribution in [0, 0.1) is 0 Å². The fourth-order valence-electron chi connectivity index (χ4n) is 1.64. The van der Waals surface area contributed by atoms with Gasteiger partial charge in [0.1, 0.15) is 6.10 Å². The molecule has 1 atom stereocenters. The Bertz CT molecular complexity index is 566. The highest BCUT2D eigenvalue weighted by Gasteiger charge is 2.19. The summed E-state index contributed by atoms with van der Waals surface area (Å²) in [4.78, 5) is 16.8. The van der Waals surface area contributed by atoms with Gasteiger partial charge in [-0.3, -0.25) is 4.98 Å². The zero-order valence-corrected chi connectivity index (χ0v) is 11.7. The number of pyridine rings is 1. The minimum atomic E-state index is -1.09. The zero-order valence-electron chi connectivity index (χ0n) is 10.9. The summed E-state index contributed by atoms with van der Waals surface area (Å²) in [5.41, 5.74) is 0.539. The maximum Gasteiger partial charge on any atom is 0.336 e. The van der Waals surface area contributed by atoms with Crippen LogP contribution in [0.5, 0.6) is 0 Å². The number of esters is 1. The molecule has 1 N–H and O–H groups in total. The molecule has 0 saturated heterocycles. The molecule has 0 radical (unpaired) electrons. The first kappa shape index (κ1) is 14.4. The van der Waals surface area contributed by atoms with E-state index in [0.717, 1.165) is 4.88 Å². The van der Waals surface area contributed by atoms with Gasteiger partial charge in [0.15, 0.2) is 0 Å². The van der Waals surface area contributed by atoms with Crippen LogP contribution in [-0.4, -0.2) is 22.7 Å². The Labute approximate surface area is 121 Å². The van der Waals surface area contributed by atoms with E-state index in [1.54, 1.807) is 29.7 Å². The van der Waals surface area contributed by atoms with Gasteiger partial charge >= 0.3 is 5.97 Å². The molecule has 1 unspecified atom stereocenters. The lowest BCUT2D eigenvalue weighted by Crippen LogP contribution is -2.15. The molecule has 0 aromatic carbocycles. The normalized spacial score (nSPS) is 11.8. The zero-order chi connectivity index (χ0) is 14.4. The van der Waals surface area contributed by atoms with E-state index in [-0.39, 0.29) is 12.2 Å². The molecule has 0 amide bonds. The first-order chi connectivity index (χ1) is 9.68. The fourth-order valence-corrected chi connectivity index (χ4v) is 2.33. The van der Waals surface area contributed by atoms with Gasteiger partial charge in [0.05, 0.1) is 12.2 Å². The monoisotopic (exact) mass is 289 g/mol. The van der Waals surface area contributed by atoms with Gasteiger partial charge in [-0.05, 0) is 17.5 Å². The van der Waals surface area contributed by atoms with Gasteiger partial charge in [-0.15, -0.1) is 11.3 Å². The molecule has 0 aliphatic rings. The SMILES string of the molecule is C=C(C(=O)OCCc1cccs1)C(O)c1cccnc1. The number of carbonyl (C=O) groups excluding carboxylic acids is 1. The van der Waals surface area contributed by atoms with Crippen molar-refractivity contribution in [3.8, 4) is 0 Å². The van der Waals surface area contributed by atoms with Gasteiger partial charge in [0.2, 0.25) is 0 Å². The van der Waals surface area contributed by atoms with Crippen LogP contribution >= 0.6 is 11.3 Å². The van der Waals surface area contributed by atoms with Crippen LogP contribution < -0.4 is 0 Å². The molecule has 4 nitrogen and oxygen atoms in total. The molecule has 2 aromatic heterocycles. The average molecular weight is 289 g/mol. The van der Waals surface area contributed by atoms with Gasteiger partial charge in [-0.2, -0.15) is 0 Å². The highest BCUT2D eigenvalue weighted by molar-refractivity contribution is 7.09. The first-order valence-corrected chi connectivity index (χ1v) is 7.02. The maximum absolute atomic E-state index is 11.8.